The Kier molecular flexibility index (Phi) is 6.44. The van der Waals surface area contributed by atoms with Gasteiger partial charge in [-0.05, 0) is 43.1 Å². The van der Waals surface area contributed by atoms with Crippen LogP contribution in [0.1, 0.15) is 42.6 Å². The van der Waals surface area contributed by atoms with E-state index in [1.54, 1.807) is 31.4 Å². The van der Waals surface area contributed by atoms with E-state index in [4.69, 9.17) is 21.1 Å². The highest BCUT2D eigenvalue weighted by Crippen LogP contribution is 2.67. The first-order valence-electron chi connectivity index (χ1n) is 13.9. The molecule has 0 aromatic heterocycles. The summed E-state index contributed by atoms with van der Waals surface area (Å²) in [6.45, 7) is 4.99. The van der Waals surface area contributed by atoms with Gasteiger partial charge in [-0.15, -0.1) is 0 Å². The smallest absolute Gasteiger partial charge is 0.303 e. The first-order valence-corrected chi connectivity index (χ1v) is 14.3. The number of hydrogen-bond acceptors (Lipinski definition) is 7. The zero-order chi connectivity index (χ0) is 28.4. The molecule has 8 nitrogen and oxygen atoms in total. The van der Waals surface area contributed by atoms with Crippen molar-refractivity contribution in [1.29, 1.82) is 0 Å². The lowest BCUT2D eigenvalue weighted by Gasteiger charge is -2.64. The summed E-state index contributed by atoms with van der Waals surface area (Å²) in [5.74, 6) is -0.133. The van der Waals surface area contributed by atoms with Crippen molar-refractivity contribution < 1.29 is 24.2 Å². The van der Waals surface area contributed by atoms with Crippen molar-refractivity contribution in [3.05, 3.63) is 70.8 Å². The van der Waals surface area contributed by atoms with Gasteiger partial charge in [0.15, 0.2) is 0 Å². The zero-order valence-corrected chi connectivity index (χ0v) is 24.1. The Balaban J connectivity index is 1.55. The van der Waals surface area contributed by atoms with E-state index in [0.717, 1.165) is 36.5 Å². The van der Waals surface area contributed by atoms with Gasteiger partial charge >= 0.3 is 5.97 Å². The molecule has 2 fully saturated rings. The SMILES string of the molecule is CC[C@]12C=CCN3CC[C@@]4(c5ccc(OC)cc5N(C)[C@H]4C(O)(CNC(=O)c4ccccc4Cl)[C@@H]1OC(C)=O)C32. The number of ether oxygens (including phenoxy) is 2. The van der Waals surface area contributed by atoms with Crippen LogP contribution in [0.5, 0.6) is 5.75 Å². The third kappa shape index (κ3) is 3.52. The number of likely N-dealkylation sites (N-methyl/N-ethyl adjacent to an activating group) is 1. The average molecular weight is 566 g/mol. The molecule has 2 aromatic rings. The first kappa shape index (κ1) is 27.1. The minimum absolute atomic E-state index is 0.0130. The third-order valence-electron chi connectivity index (χ3n) is 9.87. The number of nitrogens with zero attached hydrogens (tertiary/aromatic N) is 2. The van der Waals surface area contributed by atoms with Gasteiger partial charge in [0, 0.05) is 49.1 Å². The molecule has 0 radical (unpaired) electrons. The van der Waals surface area contributed by atoms with E-state index in [0.29, 0.717) is 17.0 Å². The summed E-state index contributed by atoms with van der Waals surface area (Å²) in [5.41, 5.74) is -0.347. The molecule has 1 spiro atoms. The lowest BCUT2D eigenvalue weighted by atomic mass is 9.47. The van der Waals surface area contributed by atoms with E-state index < -0.39 is 40.5 Å². The monoisotopic (exact) mass is 565 g/mol. The van der Waals surface area contributed by atoms with Gasteiger partial charge in [-0.3, -0.25) is 14.5 Å². The molecule has 3 heterocycles. The molecule has 2 N–H and O–H groups in total. The van der Waals surface area contributed by atoms with Crippen LogP contribution in [0.2, 0.25) is 5.02 Å². The molecular weight excluding hydrogens is 530 g/mol. The van der Waals surface area contributed by atoms with Crippen molar-refractivity contribution >= 4 is 29.2 Å². The van der Waals surface area contributed by atoms with E-state index >= 15 is 0 Å². The number of anilines is 1. The van der Waals surface area contributed by atoms with Crippen LogP contribution in [0.4, 0.5) is 5.69 Å². The fourth-order valence-corrected chi connectivity index (χ4v) is 8.83. The van der Waals surface area contributed by atoms with Crippen LogP contribution in [0.3, 0.4) is 0 Å². The van der Waals surface area contributed by atoms with Crippen LogP contribution in [-0.2, 0) is 14.9 Å². The molecule has 4 aliphatic rings. The summed E-state index contributed by atoms with van der Waals surface area (Å²) in [4.78, 5) is 30.6. The maximum atomic E-state index is 13.4. The Hall–Kier alpha value is -3.07. The van der Waals surface area contributed by atoms with Gasteiger partial charge in [0.2, 0.25) is 0 Å². The molecule has 6 rings (SSSR count). The van der Waals surface area contributed by atoms with Crippen molar-refractivity contribution in [3.63, 3.8) is 0 Å². The second kappa shape index (κ2) is 9.50. The molecule has 6 atom stereocenters. The second-order valence-electron chi connectivity index (χ2n) is 11.6. The van der Waals surface area contributed by atoms with Gasteiger partial charge in [-0.2, -0.15) is 0 Å². The number of aliphatic hydroxyl groups is 1. The Labute approximate surface area is 239 Å². The van der Waals surface area contributed by atoms with E-state index in [9.17, 15) is 14.7 Å². The highest BCUT2D eigenvalue weighted by molar-refractivity contribution is 6.33. The Bertz CT molecular complexity index is 1400. The predicted molar refractivity (Wildman–Crippen MR) is 153 cm³/mol. The number of nitrogens with one attached hydrogen (secondary N) is 1. The summed E-state index contributed by atoms with van der Waals surface area (Å²) in [5, 5.41) is 16.4. The number of carbonyl (C=O) groups excluding carboxylic acids is 2. The van der Waals surface area contributed by atoms with Crippen LogP contribution in [0, 0.1) is 5.41 Å². The third-order valence-corrected chi connectivity index (χ3v) is 10.2. The molecule has 40 heavy (non-hydrogen) atoms. The predicted octanol–water partition coefficient (Wildman–Crippen LogP) is 3.55. The number of hydrogen-bond donors (Lipinski definition) is 2. The van der Waals surface area contributed by atoms with Crippen molar-refractivity contribution in [1.82, 2.24) is 10.2 Å². The molecular formula is C31H36ClN3O5. The number of rotatable bonds is 6. The van der Waals surface area contributed by atoms with Gasteiger partial charge in [-0.25, -0.2) is 0 Å². The largest absolute Gasteiger partial charge is 0.497 e. The van der Waals surface area contributed by atoms with Gasteiger partial charge in [-0.1, -0.05) is 48.9 Å². The van der Waals surface area contributed by atoms with E-state index in [1.807, 2.05) is 19.2 Å². The molecule has 212 valence electrons. The number of methoxy groups -OCH3 is 1. The van der Waals surface area contributed by atoms with Gasteiger partial charge < -0.3 is 24.8 Å². The van der Waals surface area contributed by atoms with Crippen LogP contribution in [0.15, 0.2) is 54.6 Å². The lowest BCUT2D eigenvalue weighted by Crippen LogP contribution is -2.81. The molecule has 2 unspecified atom stereocenters. The molecule has 1 saturated heterocycles. The molecule has 2 aromatic carbocycles. The highest BCUT2D eigenvalue weighted by Gasteiger charge is 2.77. The van der Waals surface area contributed by atoms with Crippen molar-refractivity contribution in [3.8, 4) is 5.75 Å². The number of benzene rings is 2. The Morgan fingerprint density at radius 1 is 1.20 bits per heavy atom. The number of esters is 1. The molecule has 9 heteroatoms. The fraction of sp³-hybridized carbons (Fsp3) is 0.484. The second-order valence-corrected chi connectivity index (χ2v) is 12.0. The molecule has 1 amide bonds. The topological polar surface area (TPSA) is 91.3 Å². The quantitative estimate of drug-likeness (QED) is 0.409. The maximum Gasteiger partial charge on any atom is 0.303 e. The van der Waals surface area contributed by atoms with E-state index in [1.165, 1.54) is 6.92 Å². The van der Waals surface area contributed by atoms with Crippen LogP contribution < -0.4 is 15.0 Å². The van der Waals surface area contributed by atoms with Crippen LogP contribution >= 0.6 is 11.6 Å². The summed E-state index contributed by atoms with van der Waals surface area (Å²) >= 11 is 6.33. The number of amides is 1. The average Bonchev–Trinajstić information content (AvgIpc) is 3.46. The molecule has 1 aliphatic carbocycles. The van der Waals surface area contributed by atoms with Crippen LogP contribution in [0.25, 0.3) is 0 Å². The van der Waals surface area contributed by atoms with E-state index in [-0.39, 0.29) is 12.6 Å². The number of carbonyl (C=O) groups is 2. The lowest BCUT2D eigenvalue weighted by molar-refractivity contribution is -0.216. The van der Waals surface area contributed by atoms with E-state index in [2.05, 4.69) is 40.3 Å². The zero-order valence-electron chi connectivity index (χ0n) is 23.3. The van der Waals surface area contributed by atoms with Crippen molar-refractivity contribution in [2.75, 3.05) is 38.7 Å². The molecule has 3 aliphatic heterocycles. The summed E-state index contributed by atoms with van der Waals surface area (Å²) in [6.07, 6.45) is 4.85. The Morgan fingerprint density at radius 2 is 1.98 bits per heavy atom. The molecule has 1 saturated carbocycles. The number of halogens is 1. The van der Waals surface area contributed by atoms with Crippen molar-refractivity contribution in [2.45, 2.75) is 55.9 Å². The summed E-state index contributed by atoms with van der Waals surface area (Å²) in [7, 11) is 3.62. The Morgan fingerprint density at radius 3 is 2.67 bits per heavy atom. The fourth-order valence-electron chi connectivity index (χ4n) is 8.61. The van der Waals surface area contributed by atoms with Crippen LogP contribution in [-0.4, -0.2) is 79.5 Å². The summed E-state index contributed by atoms with van der Waals surface area (Å²) < 4.78 is 11.7. The number of fused-ring (bicyclic) bond motifs is 1. The molecule has 0 bridgehead atoms. The minimum Gasteiger partial charge on any atom is -0.497 e. The van der Waals surface area contributed by atoms with Gasteiger partial charge in [0.05, 0.1) is 30.3 Å². The maximum absolute atomic E-state index is 13.4. The minimum atomic E-state index is -1.65. The van der Waals surface area contributed by atoms with Crippen molar-refractivity contribution in [2.24, 2.45) is 5.41 Å². The summed E-state index contributed by atoms with van der Waals surface area (Å²) in [6, 6.07) is 12.4. The highest BCUT2D eigenvalue weighted by atomic mass is 35.5. The van der Waals surface area contributed by atoms with Gasteiger partial charge in [0.25, 0.3) is 5.91 Å². The normalized spacial score (nSPS) is 33.6. The van der Waals surface area contributed by atoms with Gasteiger partial charge in [0.1, 0.15) is 17.5 Å². The first-order chi connectivity index (χ1) is 19.1. The standard InChI is InChI=1S/C31H36ClN3O5/c1-5-29-13-8-15-35-16-14-30(26(29)35)22-12-11-20(39-4)17-24(22)34(3)27(30)31(38,28(29)40-19(2)36)18-33-25(37)21-9-6-7-10-23(21)32/h6-13,17,26-28,38H,5,14-16,18H2,1-4H3,(H,33,37)/t26?,27-,28-,29-,30-,31?/m1/s1.